The second-order valence-electron chi connectivity index (χ2n) is 4.69. The number of hydrogen-bond acceptors (Lipinski definition) is 3. The fourth-order valence-electron chi connectivity index (χ4n) is 2.03. The molecule has 0 aliphatic carbocycles. The highest BCUT2D eigenvalue weighted by Crippen LogP contribution is 2.17. The van der Waals surface area contributed by atoms with Gasteiger partial charge in [-0.3, -0.25) is 19.3 Å². The zero-order valence-corrected chi connectivity index (χ0v) is 11.0. The zero-order chi connectivity index (χ0) is 14.0. The van der Waals surface area contributed by atoms with E-state index in [0.717, 1.165) is 10.5 Å². The fourth-order valence-corrected chi connectivity index (χ4v) is 2.03. The van der Waals surface area contributed by atoms with Gasteiger partial charge in [-0.15, -0.1) is 0 Å². The lowest BCUT2D eigenvalue weighted by molar-refractivity contribution is -0.144. The summed E-state index contributed by atoms with van der Waals surface area (Å²) < 4.78 is 0. The number of imide groups is 1. The summed E-state index contributed by atoms with van der Waals surface area (Å²) in [6, 6.07) is 6.56. The van der Waals surface area contributed by atoms with Gasteiger partial charge in [0.2, 0.25) is 17.7 Å². The Labute approximate surface area is 111 Å². The molecule has 1 fully saturated rings. The molecule has 5 heteroatoms. The average Bonchev–Trinajstić information content (AvgIpc) is 2.71. The molecule has 0 saturated carbocycles. The van der Waals surface area contributed by atoms with E-state index in [1.165, 1.54) is 0 Å². The second kappa shape index (κ2) is 5.22. The normalized spacial score (nSPS) is 16.6. The third-order valence-electron chi connectivity index (χ3n) is 3.18. The number of carbonyl (C=O) groups is 3. The van der Waals surface area contributed by atoms with E-state index in [-0.39, 0.29) is 30.6 Å². The van der Waals surface area contributed by atoms with Gasteiger partial charge in [0.05, 0.1) is 0 Å². The summed E-state index contributed by atoms with van der Waals surface area (Å²) in [5.41, 5.74) is 1.75. The molecular formula is C14H16N2O3. The van der Waals surface area contributed by atoms with Crippen molar-refractivity contribution in [2.45, 2.75) is 32.7 Å². The molecule has 1 atom stereocenters. The summed E-state index contributed by atoms with van der Waals surface area (Å²) >= 11 is 0. The number of benzene rings is 1. The maximum Gasteiger partial charge on any atom is 0.247 e. The van der Waals surface area contributed by atoms with Crippen LogP contribution in [0.15, 0.2) is 24.3 Å². The van der Waals surface area contributed by atoms with E-state index in [4.69, 9.17) is 0 Å². The number of carbonyl (C=O) groups excluding carboxylic acids is 3. The molecule has 19 heavy (non-hydrogen) atoms. The van der Waals surface area contributed by atoms with Gasteiger partial charge in [0.15, 0.2) is 0 Å². The van der Waals surface area contributed by atoms with Crippen molar-refractivity contribution in [2.24, 2.45) is 0 Å². The smallest absolute Gasteiger partial charge is 0.247 e. The van der Waals surface area contributed by atoms with Crippen molar-refractivity contribution in [2.75, 3.05) is 5.32 Å². The highest BCUT2D eigenvalue weighted by Gasteiger charge is 2.36. The topological polar surface area (TPSA) is 66.5 Å². The van der Waals surface area contributed by atoms with Gasteiger partial charge in [-0.2, -0.15) is 0 Å². The van der Waals surface area contributed by atoms with Crippen LogP contribution in [0.1, 0.15) is 25.3 Å². The van der Waals surface area contributed by atoms with Crippen LogP contribution in [-0.4, -0.2) is 28.7 Å². The Balaban J connectivity index is 2.05. The summed E-state index contributed by atoms with van der Waals surface area (Å²) in [4.78, 5) is 36.2. The van der Waals surface area contributed by atoms with Crippen molar-refractivity contribution in [1.29, 1.82) is 0 Å². The quantitative estimate of drug-likeness (QED) is 0.837. The molecule has 5 nitrogen and oxygen atoms in total. The van der Waals surface area contributed by atoms with Crippen molar-refractivity contribution >= 4 is 23.4 Å². The highest BCUT2D eigenvalue weighted by atomic mass is 16.2. The van der Waals surface area contributed by atoms with Crippen LogP contribution >= 0.6 is 0 Å². The summed E-state index contributed by atoms with van der Waals surface area (Å²) in [5.74, 6) is -0.916. The summed E-state index contributed by atoms with van der Waals surface area (Å²) in [6.45, 7) is 3.51. The third-order valence-corrected chi connectivity index (χ3v) is 3.18. The Morgan fingerprint density at radius 3 is 2.21 bits per heavy atom. The number of amides is 3. The van der Waals surface area contributed by atoms with Crippen LogP contribution in [0.4, 0.5) is 5.69 Å². The first-order valence-corrected chi connectivity index (χ1v) is 6.21. The Kier molecular flexibility index (Phi) is 3.64. The molecule has 1 heterocycles. The number of likely N-dealkylation sites (tertiary alicyclic amines) is 1. The molecule has 1 aliphatic rings. The molecule has 0 aromatic heterocycles. The number of rotatable bonds is 3. The number of nitrogens with one attached hydrogen (secondary N) is 1. The van der Waals surface area contributed by atoms with Crippen molar-refractivity contribution in [3.63, 3.8) is 0 Å². The van der Waals surface area contributed by atoms with Crippen molar-refractivity contribution in [1.82, 2.24) is 4.90 Å². The fraction of sp³-hybridized carbons (Fsp3) is 0.357. The number of nitrogens with zero attached hydrogens (tertiary/aromatic N) is 1. The lowest BCUT2D eigenvalue weighted by Gasteiger charge is -2.21. The Morgan fingerprint density at radius 1 is 1.16 bits per heavy atom. The molecule has 2 rings (SSSR count). The average molecular weight is 260 g/mol. The zero-order valence-electron chi connectivity index (χ0n) is 11.0. The third kappa shape index (κ3) is 2.81. The van der Waals surface area contributed by atoms with Crippen LogP contribution in [-0.2, 0) is 14.4 Å². The molecule has 0 spiro atoms. The van der Waals surface area contributed by atoms with Gasteiger partial charge in [-0.25, -0.2) is 0 Å². The first kappa shape index (κ1) is 13.3. The number of hydrogen-bond donors (Lipinski definition) is 1. The maximum absolute atomic E-state index is 12.0. The van der Waals surface area contributed by atoms with Crippen molar-refractivity contribution in [3.8, 4) is 0 Å². The largest absolute Gasteiger partial charge is 0.324 e. The number of aryl methyl sites for hydroxylation is 1. The summed E-state index contributed by atoms with van der Waals surface area (Å²) in [6.07, 6.45) is 0.391. The van der Waals surface area contributed by atoms with E-state index >= 15 is 0 Å². The molecule has 1 aromatic rings. The molecule has 1 saturated heterocycles. The van der Waals surface area contributed by atoms with Gasteiger partial charge in [0, 0.05) is 18.5 Å². The molecule has 0 bridgehead atoms. The van der Waals surface area contributed by atoms with Gasteiger partial charge in [0.25, 0.3) is 0 Å². The van der Waals surface area contributed by atoms with Gasteiger partial charge < -0.3 is 5.32 Å². The van der Waals surface area contributed by atoms with Crippen molar-refractivity contribution < 1.29 is 14.4 Å². The summed E-state index contributed by atoms with van der Waals surface area (Å²) in [7, 11) is 0. The standard InChI is InChI=1S/C14H16N2O3/c1-9-3-5-11(6-4-9)15-14(19)10(2)16-12(17)7-8-13(16)18/h3-6,10H,7-8H2,1-2H3,(H,15,19)/t10-/m1/s1. The number of anilines is 1. The molecule has 3 amide bonds. The Hall–Kier alpha value is -2.17. The SMILES string of the molecule is Cc1ccc(NC(=O)[C@@H](C)N2C(=O)CCC2=O)cc1. The minimum absolute atomic E-state index is 0.195. The molecular weight excluding hydrogens is 244 g/mol. The predicted molar refractivity (Wildman–Crippen MR) is 70.4 cm³/mol. The van der Waals surface area contributed by atoms with Crippen LogP contribution in [0, 0.1) is 6.92 Å². The van der Waals surface area contributed by atoms with Gasteiger partial charge in [-0.1, -0.05) is 17.7 Å². The van der Waals surface area contributed by atoms with E-state index < -0.39 is 6.04 Å². The van der Waals surface area contributed by atoms with E-state index in [9.17, 15) is 14.4 Å². The minimum Gasteiger partial charge on any atom is -0.324 e. The van der Waals surface area contributed by atoms with Gasteiger partial charge in [0.1, 0.15) is 6.04 Å². The predicted octanol–water partition coefficient (Wildman–Crippen LogP) is 1.47. The van der Waals surface area contributed by atoms with Crippen molar-refractivity contribution in [3.05, 3.63) is 29.8 Å². The second-order valence-corrected chi connectivity index (χ2v) is 4.69. The summed E-state index contributed by atoms with van der Waals surface area (Å²) in [5, 5.41) is 2.70. The molecule has 0 radical (unpaired) electrons. The monoisotopic (exact) mass is 260 g/mol. The van der Waals surface area contributed by atoms with E-state index in [2.05, 4.69) is 5.32 Å². The van der Waals surface area contributed by atoms with Gasteiger partial charge >= 0.3 is 0 Å². The van der Waals surface area contributed by atoms with Gasteiger partial charge in [-0.05, 0) is 26.0 Å². The van der Waals surface area contributed by atoms with E-state index in [0.29, 0.717) is 5.69 Å². The van der Waals surface area contributed by atoms with Crippen LogP contribution in [0.3, 0.4) is 0 Å². The first-order chi connectivity index (χ1) is 8.99. The lowest BCUT2D eigenvalue weighted by atomic mass is 10.2. The highest BCUT2D eigenvalue weighted by molar-refractivity contribution is 6.07. The lowest BCUT2D eigenvalue weighted by Crippen LogP contribution is -2.44. The van der Waals surface area contributed by atoms with Crippen LogP contribution in [0.2, 0.25) is 0 Å². The minimum atomic E-state index is -0.774. The molecule has 1 aromatic carbocycles. The van der Waals surface area contributed by atoms with Crippen LogP contribution in [0.5, 0.6) is 0 Å². The Morgan fingerprint density at radius 2 is 1.68 bits per heavy atom. The maximum atomic E-state index is 12.0. The molecule has 0 unspecified atom stereocenters. The van der Waals surface area contributed by atoms with Crippen LogP contribution in [0.25, 0.3) is 0 Å². The first-order valence-electron chi connectivity index (χ1n) is 6.21. The molecule has 1 N–H and O–H groups in total. The van der Waals surface area contributed by atoms with Crippen LogP contribution < -0.4 is 5.32 Å². The van der Waals surface area contributed by atoms with E-state index in [1.54, 1.807) is 19.1 Å². The molecule has 1 aliphatic heterocycles. The molecule has 100 valence electrons. The Bertz CT molecular complexity index is 506. The van der Waals surface area contributed by atoms with E-state index in [1.807, 2.05) is 19.1 Å².